The average molecular weight is 681 g/mol. The molecular weight excluding hydrogens is 648 g/mol. The summed E-state index contributed by atoms with van der Waals surface area (Å²) in [6, 6.07) is 10.3. The molecule has 0 aromatic heterocycles. The number of carbonyl (C=O) groups is 4. The lowest BCUT2D eigenvalue weighted by atomic mass is 9.74. The van der Waals surface area contributed by atoms with Crippen LogP contribution >= 0.6 is 0 Å². The van der Waals surface area contributed by atoms with E-state index in [2.05, 4.69) is 26.3 Å². The predicted molar refractivity (Wildman–Crippen MR) is 184 cm³/mol. The molecule has 4 aromatic rings. The number of carbonyl (C=O) groups excluding carboxylic acids is 4. The lowest BCUT2D eigenvalue weighted by Gasteiger charge is -2.33. The second-order valence-corrected chi connectivity index (χ2v) is 10.7. The standard InChI is InChI=1S/C38H32O12/c1-7-15-43-35(39)47-31-23-13-11-21(5)19-25(23)33(49-37(41)45-17-9-3)29-27(31)30-28(29)32(48-36(40)44-16-8-2)24-14-12-22(6)20-26(24)34(30)50-38(42)46-18-10-4/h7-14,19-20H,1-4,15-18H2,5-6H3. The van der Waals surface area contributed by atoms with E-state index in [-0.39, 0.29) is 71.7 Å². The monoisotopic (exact) mass is 680 g/mol. The van der Waals surface area contributed by atoms with Crippen molar-refractivity contribution >= 4 is 46.2 Å². The summed E-state index contributed by atoms with van der Waals surface area (Å²) >= 11 is 0. The highest BCUT2D eigenvalue weighted by Gasteiger charge is 2.43. The molecule has 0 aliphatic heterocycles. The third-order valence-electron chi connectivity index (χ3n) is 7.25. The Labute approximate surface area is 286 Å². The summed E-state index contributed by atoms with van der Waals surface area (Å²) in [5, 5.41) is 1.29. The highest BCUT2D eigenvalue weighted by Crippen LogP contribution is 2.67. The molecule has 0 saturated carbocycles. The third kappa shape index (κ3) is 6.85. The van der Waals surface area contributed by atoms with Crippen LogP contribution in [0.25, 0.3) is 43.8 Å². The summed E-state index contributed by atoms with van der Waals surface area (Å²) < 4.78 is 43.9. The molecule has 12 nitrogen and oxygen atoms in total. The molecule has 4 aromatic carbocycles. The van der Waals surface area contributed by atoms with Gasteiger partial charge in [-0.15, -0.1) is 0 Å². The van der Waals surface area contributed by atoms with Gasteiger partial charge < -0.3 is 37.9 Å². The van der Waals surface area contributed by atoms with Crippen molar-refractivity contribution in [3.63, 3.8) is 0 Å². The fourth-order valence-electron chi connectivity index (χ4n) is 5.36. The van der Waals surface area contributed by atoms with Gasteiger partial charge in [-0.05, 0) is 26.0 Å². The van der Waals surface area contributed by atoms with Crippen molar-refractivity contribution in [2.24, 2.45) is 0 Å². The first-order chi connectivity index (χ1) is 24.1. The average Bonchev–Trinajstić information content (AvgIpc) is 3.08. The van der Waals surface area contributed by atoms with Gasteiger partial charge in [0.2, 0.25) is 0 Å². The Morgan fingerprint density at radius 3 is 0.980 bits per heavy atom. The van der Waals surface area contributed by atoms with Gasteiger partial charge in [0.15, 0.2) is 23.0 Å². The van der Waals surface area contributed by atoms with Gasteiger partial charge in [0, 0.05) is 43.8 Å². The Balaban J connectivity index is 1.91. The fourth-order valence-corrected chi connectivity index (χ4v) is 5.36. The van der Waals surface area contributed by atoms with Crippen LogP contribution in [-0.4, -0.2) is 51.0 Å². The summed E-state index contributed by atoms with van der Waals surface area (Å²) in [6.45, 7) is 17.3. The number of ether oxygens (including phenoxy) is 8. The van der Waals surface area contributed by atoms with Gasteiger partial charge in [-0.3, -0.25) is 0 Å². The molecule has 1 aliphatic rings. The second-order valence-electron chi connectivity index (χ2n) is 10.7. The van der Waals surface area contributed by atoms with Crippen molar-refractivity contribution in [1.82, 2.24) is 0 Å². The smallest absolute Gasteiger partial charge is 0.430 e. The second kappa shape index (κ2) is 15.1. The molecule has 0 spiro atoms. The highest BCUT2D eigenvalue weighted by molar-refractivity contribution is 6.25. The van der Waals surface area contributed by atoms with E-state index in [4.69, 9.17) is 37.9 Å². The van der Waals surface area contributed by atoms with Crippen molar-refractivity contribution in [3.8, 4) is 45.3 Å². The van der Waals surface area contributed by atoms with Crippen LogP contribution < -0.4 is 18.9 Å². The lowest BCUT2D eigenvalue weighted by Crippen LogP contribution is -2.20. The van der Waals surface area contributed by atoms with Crippen LogP contribution in [0.4, 0.5) is 19.2 Å². The maximum Gasteiger partial charge on any atom is 0.514 e. The zero-order valence-corrected chi connectivity index (χ0v) is 27.3. The molecule has 0 radical (unpaired) electrons. The number of rotatable bonds is 12. The molecular formula is C38H32O12. The SMILES string of the molecule is C=CCOC(=O)Oc1c2c(c(OC(=O)OCC=C)c3cc(C)ccc13)-c1c-2c(OC(=O)OCC=C)c2cc(C)ccc2c1OC(=O)OCC=C. The van der Waals surface area contributed by atoms with E-state index in [1.54, 1.807) is 36.4 Å². The molecule has 50 heavy (non-hydrogen) atoms. The Morgan fingerprint density at radius 1 is 0.460 bits per heavy atom. The first-order valence-electron chi connectivity index (χ1n) is 15.2. The Kier molecular flexibility index (Phi) is 10.5. The Bertz CT molecular complexity index is 1930. The van der Waals surface area contributed by atoms with Crippen molar-refractivity contribution in [3.05, 3.63) is 98.1 Å². The van der Waals surface area contributed by atoms with Crippen LogP contribution in [0, 0.1) is 13.8 Å². The number of hydrogen-bond donors (Lipinski definition) is 0. The maximum atomic E-state index is 13.0. The van der Waals surface area contributed by atoms with Crippen LogP contribution in [-0.2, 0) is 18.9 Å². The van der Waals surface area contributed by atoms with Crippen LogP contribution in [0.1, 0.15) is 11.1 Å². The zero-order chi connectivity index (χ0) is 35.9. The minimum atomic E-state index is -1.07. The number of benzene rings is 4. The number of hydrogen-bond acceptors (Lipinski definition) is 12. The van der Waals surface area contributed by atoms with Crippen LogP contribution in [0.2, 0.25) is 0 Å². The molecule has 1 aliphatic carbocycles. The van der Waals surface area contributed by atoms with Gasteiger partial charge in [-0.2, -0.15) is 0 Å². The molecule has 5 rings (SSSR count). The van der Waals surface area contributed by atoms with Crippen molar-refractivity contribution in [1.29, 1.82) is 0 Å². The van der Waals surface area contributed by atoms with Crippen LogP contribution in [0.15, 0.2) is 87.0 Å². The molecule has 0 amide bonds. The molecule has 256 valence electrons. The molecule has 12 heteroatoms. The third-order valence-corrected chi connectivity index (χ3v) is 7.25. The van der Waals surface area contributed by atoms with E-state index in [1.165, 1.54) is 24.3 Å². The summed E-state index contributed by atoms with van der Waals surface area (Å²) in [5.41, 5.74) is 2.18. The Morgan fingerprint density at radius 2 is 0.720 bits per heavy atom. The first-order valence-corrected chi connectivity index (χ1v) is 15.2. The summed E-state index contributed by atoms with van der Waals surface area (Å²) in [5.74, 6) is -0.106. The highest BCUT2D eigenvalue weighted by atomic mass is 16.7. The quantitative estimate of drug-likeness (QED) is 0.0537. The molecule has 0 heterocycles. The first kappa shape index (κ1) is 34.8. The van der Waals surface area contributed by atoms with E-state index in [0.29, 0.717) is 21.5 Å². The van der Waals surface area contributed by atoms with E-state index in [9.17, 15) is 19.2 Å². The molecule has 0 atom stereocenters. The van der Waals surface area contributed by atoms with Gasteiger partial charge in [-0.25, -0.2) is 19.2 Å². The van der Waals surface area contributed by atoms with Crippen molar-refractivity contribution < 1.29 is 57.1 Å². The summed E-state index contributed by atoms with van der Waals surface area (Å²) in [6.07, 6.45) is 1.18. The zero-order valence-electron chi connectivity index (χ0n) is 27.3. The fraction of sp³-hybridized carbons (Fsp3) is 0.158. The number of fused-ring (bicyclic) bond motifs is 6. The molecule has 0 bridgehead atoms. The molecule has 0 unspecified atom stereocenters. The van der Waals surface area contributed by atoms with E-state index in [1.807, 2.05) is 13.8 Å². The summed E-state index contributed by atoms with van der Waals surface area (Å²) in [7, 11) is 0. The van der Waals surface area contributed by atoms with Gasteiger partial charge in [0.1, 0.15) is 26.4 Å². The predicted octanol–water partition coefficient (Wildman–Crippen LogP) is 9.06. The van der Waals surface area contributed by atoms with Gasteiger partial charge in [0.05, 0.1) is 0 Å². The molecule has 0 N–H and O–H groups in total. The van der Waals surface area contributed by atoms with Crippen LogP contribution in [0.3, 0.4) is 0 Å². The normalized spacial score (nSPS) is 10.8. The topological polar surface area (TPSA) is 142 Å². The van der Waals surface area contributed by atoms with Gasteiger partial charge >= 0.3 is 24.6 Å². The summed E-state index contributed by atoms with van der Waals surface area (Å²) in [4.78, 5) is 52.0. The van der Waals surface area contributed by atoms with E-state index >= 15 is 0 Å². The Hall–Kier alpha value is -6.56. The van der Waals surface area contributed by atoms with Crippen molar-refractivity contribution in [2.75, 3.05) is 26.4 Å². The molecule has 0 saturated heterocycles. The van der Waals surface area contributed by atoms with Gasteiger partial charge in [0.25, 0.3) is 0 Å². The lowest BCUT2D eigenvalue weighted by molar-refractivity contribution is 0.107. The molecule has 0 fully saturated rings. The number of aryl methyl sites for hydroxylation is 2. The van der Waals surface area contributed by atoms with Crippen LogP contribution in [0.5, 0.6) is 23.0 Å². The largest absolute Gasteiger partial charge is 0.514 e. The van der Waals surface area contributed by atoms with E-state index in [0.717, 1.165) is 11.1 Å². The van der Waals surface area contributed by atoms with Crippen molar-refractivity contribution in [2.45, 2.75) is 13.8 Å². The minimum Gasteiger partial charge on any atom is -0.430 e. The van der Waals surface area contributed by atoms with E-state index < -0.39 is 24.6 Å². The minimum absolute atomic E-state index is 0.0250. The maximum absolute atomic E-state index is 13.0. The van der Waals surface area contributed by atoms with Gasteiger partial charge in [-0.1, -0.05) is 86.0 Å².